The van der Waals surface area contributed by atoms with Crippen molar-refractivity contribution < 1.29 is 5.11 Å². The van der Waals surface area contributed by atoms with Gasteiger partial charge in [-0.25, -0.2) is 0 Å². The molecule has 0 bridgehead atoms. The zero-order valence-corrected chi connectivity index (χ0v) is 10.7. The lowest BCUT2D eigenvalue weighted by Crippen LogP contribution is -2.16. The van der Waals surface area contributed by atoms with Crippen molar-refractivity contribution in [2.24, 2.45) is 0 Å². The SMILES string of the molecule is OCCSc1cccc(Cl)c1CNC1CC1. The number of halogens is 1. The Morgan fingerprint density at radius 1 is 1.44 bits per heavy atom. The number of benzene rings is 1. The Bertz CT molecular complexity index is 355. The normalized spacial score (nSPS) is 15.4. The molecule has 0 unspecified atom stereocenters. The fourth-order valence-corrected chi connectivity index (χ4v) is 2.67. The number of hydrogen-bond donors (Lipinski definition) is 2. The van der Waals surface area contributed by atoms with Crippen LogP contribution in [0.4, 0.5) is 0 Å². The lowest BCUT2D eigenvalue weighted by molar-refractivity contribution is 0.322. The maximum atomic E-state index is 8.85. The van der Waals surface area contributed by atoms with E-state index in [0.717, 1.165) is 22.9 Å². The van der Waals surface area contributed by atoms with Gasteiger partial charge in [-0.15, -0.1) is 11.8 Å². The molecule has 0 saturated heterocycles. The molecular weight excluding hydrogens is 242 g/mol. The van der Waals surface area contributed by atoms with E-state index < -0.39 is 0 Å². The average molecular weight is 258 g/mol. The highest BCUT2D eigenvalue weighted by Crippen LogP contribution is 2.29. The summed E-state index contributed by atoms with van der Waals surface area (Å²) in [4.78, 5) is 1.18. The van der Waals surface area contributed by atoms with E-state index in [9.17, 15) is 0 Å². The Hall–Kier alpha value is -0.220. The zero-order chi connectivity index (χ0) is 11.4. The van der Waals surface area contributed by atoms with Crippen LogP contribution in [0.5, 0.6) is 0 Å². The lowest BCUT2D eigenvalue weighted by Gasteiger charge is -2.11. The Labute approximate surface area is 105 Å². The topological polar surface area (TPSA) is 32.3 Å². The molecule has 1 saturated carbocycles. The van der Waals surface area contributed by atoms with E-state index in [1.807, 2.05) is 12.1 Å². The van der Waals surface area contributed by atoms with Crippen molar-refractivity contribution in [3.8, 4) is 0 Å². The molecule has 2 N–H and O–H groups in total. The van der Waals surface area contributed by atoms with Gasteiger partial charge in [0.1, 0.15) is 0 Å². The number of rotatable bonds is 6. The number of nitrogens with one attached hydrogen (secondary N) is 1. The lowest BCUT2D eigenvalue weighted by atomic mass is 10.2. The Balaban J connectivity index is 2.04. The predicted octanol–water partition coefficient (Wildman–Crippen LogP) is 2.68. The Morgan fingerprint density at radius 2 is 2.25 bits per heavy atom. The molecular formula is C12H16ClNOS. The van der Waals surface area contributed by atoms with Gasteiger partial charge in [0.2, 0.25) is 0 Å². The summed E-state index contributed by atoms with van der Waals surface area (Å²) in [5.41, 5.74) is 1.16. The summed E-state index contributed by atoms with van der Waals surface area (Å²) < 4.78 is 0. The van der Waals surface area contributed by atoms with Gasteiger partial charge in [0.15, 0.2) is 0 Å². The van der Waals surface area contributed by atoms with Crippen LogP contribution in [0, 0.1) is 0 Å². The summed E-state index contributed by atoms with van der Waals surface area (Å²) in [6.07, 6.45) is 2.56. The van der Waals surface area contributed by atoms with Crippen molar-refractivity contribution in [1.82, 2.24) is 5.32 Å². The van der Waals surface area contributed by atoms with Gasteiger partial charge in [0.05, 0.1) is 6.61 Å². The Kier molecular flexibility index (Phi) is 4.53. The summed E-state index contributed by atoms with van der Waals surface area (Å²) in [5, 5.41) is 13.1. The second-order valence-corrected chi connectivity index (χ2v) is 5.49. The smallest absolute Gasteiger partial charge is 0.0525 e. The molecule has 1 aromatic carbocycles. The second-order valence-electron chi connectivity index (χ2n) is 3.94. The van der Waals surface area contributed by atoms with Gasteiger partial charge in [-0.1, -0.05) is 17.7 Å². The van der Waals surface area contributed by atoms with E-state index in [1.54, 1.807) is 11.8 Å². The van der Waals surface area contributed by atoms with Gasteiger partial charge >= 0.3 is 0 Å². The molecule has 1 fully saturated rings. The maximum absolute atomic E-state index is 8.85. The van der Waals surface area contributed by atoms with Crippen LogP contribution in [0.25, 0.3) is 0 Å². The van der Waals surface area contributed by atoms with Crippen LogP contribution in [0.1, 0.15) is 18.4 Å². The van der Waals surface area contributed by atoms with Crippen molar-refractivity contribution in [3.63, 3.8) is 0 Å². The zero-order valence-electron chi connectivity index (χ0n) is 9.08. The summed E-state index contributed by atoms with van der Waals surface area (Å²) in [7, 11) is 0. The minimum Gasteiger partial charge on any atom is -0.396 e. The first-order chi connectivity index (χ1) is 7.81. The minimum absolute atomic E-state index is 0.201. The van der Waals surface area contributed by atoms with E-state index in [1.165, 1.54) is 17.7 Å². The molecule has 0 aliphatic heterocycles. The summed E-state index contributed by atoms with van der Waals surface area (Å²) in [6.45, 7) is 1.03. The third kappa shape index (κ3) is 3.39. The number of aliphatic hydroxyl groups excluding tert-OH is 1. The molecule has 2 rings (SSSR count). The fraction of sp³-hybridized carbons (Fsp3) is 0.500. The molecule has 0 aromatic heterocycles. The molecule has 0 heterocycles. The quantitative estimate of drug-likeness (QED) is 0.769. The highest BCUT2D eigenvalue weighted by molar-refractivity contribution is 7.99. The first kappa shape index (κ1) is 12.2. The molecule has 1 aliphatic carbocycles. The first-order valence-corrected chi connectivity index (χ1v) is 6.92. The molecule has 0 atom stereocenters. The van der Waals surface area contributed by atoms with Crippen molar-refractivity contribution >= 4 is 23.4 Å². The fourth-order valence-electron chi connectivity index (χ4n) is 1.54. The largest absolute Gasteiger partial charge is 0.396 e. The molecule has 0 radical (unpaired) electrons. The third-order valence-electron chi connectivity index (χ3n) is 2.57. The molecule has 4 heteroatoms. The average Bonchev–Trinajstić information content (AvgIpc) is 3.09. The Morgan fingerprint density at radius 3 is 2.94 bits per heavy atom. The standard InChI is InChI=1S/C12H16ClNOS/c13-11-2-1-3-12(16-7-6-15)10(11)8-14-9-4-5-9/h1-3,9,14-15H,4-8H2. The summed E-state index contributed by atoms with van der Waals surface area (Å²) in [6, 6.07) is 6.64. The first-order valence-electron chi connectivity index (χ1n) is 5.55. The van der Waals surface area contributed by atoms with E-state index in [0.29, 0.717) is 6.04 Å². The van der Waals surface area contributed by atoms with Crippen LogP contribution in [0.3, 0.4) is 0 Å². The molecule has 88 valence electrons. The molecule has 0 spiro atoms. The van der Waals surface area contributed by atoms with Gasteiger partial charge < -0.3 is 10.4 Å². The van der Waals surface area contributed by atoms with Crippen LogP contribution in [0.2, 0.25) is 5.02 Å². The van der Waals surface area contributed by atoms with Gasteiger partial charge in [-0.05, 0) is 30.5 Å². The molecule has 0 amide bonds. The highest BCUT2D eigenvalue weighted by Gasteiger charge is 2.21. The van der Waals surface area contributed by atoms with Crippen molar-refractivity contribution in [2.45, 2.75) is 30.3 Å². The van der Waals surface area contributed by atoms with Crippen LogP contribution >= 0.6 is 23.4 Å². The van der Waals surface area contributed by atoms with E-state index in [-0.39, 0.29) is 6.61 Å². The van der Waals surface area contributed by atoms with E-state index in [2.05, 4.69) is 11.4 Å². The van der Waals surface area contributed by atoms with Gasteiger partial charge in [0.25, 0.3) is 0 Å². The summed E-state index contributed by atoms with van der Waals surface area (Å²) in [5.74, 6) is 0.719. The van der Waals surface area contributed by atoms with Gasteiger partial charge in [-0.2, -0.15) is 0 Å². The molecule has 2 nitrogen and oxygen atoms in total. The highest BCUT2D eigenvalue weighted by atomic mass is 35.5. The molecule has 1 aromatic rings. The van der Waals surface area contributed by atoms with Crippen molar-refractivity contribution in [1.29, 1.82) is 0 Å². The monoisotopic (exact) mass is 257 g/mol. The van der Waals surface area contributed by atoms with Crippen LogP contribution in [-0.2, 0) is 6.54 Å². The van der Waals surface area contributed by atoms with Crippen molar-refractivity contribution in [2.75, 3.05) is 12.4 Å². The van der Waals surface area contributed by atoms with E-state index in [4.69, 9.17) is 16.7 Å². The third-order valence-corrected chi connectivity index (χ3v) is 4.00. The van der Waals surface area contributed by atoms with Crippen LogP contribution in [0.15, 0.2) is 23.1 Å². The minimum atomic E-state index is 0.201. The second kappa shape index (κ2) is 5.92. The van der Waals surface area contributed by atoms with Crippen LogP contribution in [-0.4, -0.2) is 23.5 Å². The maximum Gasteiger partial charge on any atom is 0.0525 e. The summed E-state index contributed by atoms with van der Waals surface area (Å²) >= 11 is 7.86. The predicted molar refractivity (Wildman–Crippen MR) is 69.1 cm³/mol. The molecule has 1 aliphatic rings. The van der Waals surface area contributed by atoms with Crippen LogP contribution < -0.4 is 5.32 Å². The number of thioether (sulfide) groups is 1. The van der Waals surface area contributed by atoms with Gasteiger partial charge in [-0.3, -0.25) is 0 Å². The van der Waals surface area contributed by atoms with E-state index >= 15 is 0 Å². The number of hydrogen-bond acceptors (Lipinski definition) is 3. The molecule has 16 heavy (non-hydrogen) atoms. The van der Waals surface area contributed by atoms with Gasteiger partial charge in [0, 0.05) is 28.3 Å². The number of aliphatic hydroxyl groups is 1. The van der Waals surface area contributed by atoms with Crippen molar-refractivity contribution in [3.05, 3.63) is 28.8 Å².